The average Bonchev–Trinajstić information content (AvgIpc) is 2.63. The Labute approximate surface area is 159 Å². The molecule has 2 rings (SSSR count). The van der Waals surface area contributed by atoms with E-state index in [1.165, 1.54) is 7.11 Å². The van der Waals surface area contributed by atoms with Gasteiger partial charge < -0.3 is 4.74 Å². The van der Waals surface area contributed by atoms with Crippen LogP contribution < -0.4 is 14.5 Å². The number of carbonyl (C=O) groups excluding carboxylic acids is 1. The van der Waals surface area contributed by atoms with E-state index in [1.807, 2.05) is 31.2 Å². The number of amides is 1. The molecule has 0 spiro atoms. The molecular weight excluding hydrogens is 366 g/mol. The Morgan fingerprint density at radius 1 is 1.19 bits per heavy atom. The van der Waals surface area contributed by atoms with Gasteiger partial charge in [-0.1, -0.05) is 35.9 Å². The van der Waals surface area contributed by atoms with Gasteiger partial charge in [-0.25, -0.2) is 13.8 Å². The van der Waals surface area contributed by atoms with Crippen molar-refractivity contribution in [3.05, 3.63) is 59.7 Å². The molecular formula is C19H23N3O4S. The van der Waals surface area contributed by atoms with Crippen LogP contribution in [0.5, 0.6) is 5.75 Å². The summed E-state index contributed by atoms with van der Waals surface area (Å²) in [5.41, 5.74) is 5.36. The number of methoxy groups -OCH3 is 1. The van der Waals surface area contributed by atoms with Gasteiger partial charge in [-0.05, 0) is 31.5 Å². The smallest absolute Gasteiger partial charge is 0.260 e. The first-order valence-corrected chi connectivity index (χ1v) is 10.1. The largest absolute Gasteiger partial charge is 0.497 e. The van der Waals surface area contributed by atoms with Crippen LogP contribution in [-0.4, -0.2) is 39.9 Å². The van der Waals surface area contributed by atoms with E-state index in [0.29, 0.717) is 17.1 Å². The van der Waals surface area contributed by atoms with Crippen LogP contribution in [0.1, 0.15) is 18.1 Å². The van der Waals surface area contributed by atoms with Gasteiger partial charge in [0.15, 0.2) is 0 Å². The quantitative estimate of drug-likeness (QED) is 0.581. The fraction of sp³-hybridized carbons (Fsp3) is 0.263. The number of carbonyl (C=O) groups is 1. The monoisotopic (exact) mass is 389 g/mol. The highest BCUT2D eigenvalue weighted by molar-refractivity contribution is 7.92. The topological polar surface area (TPSA) is 88.1 Å². The summed E-state index contributed by atoms with van der Waals surface area (Å²) in [7, 11) is -2.18. The maximum Gasteiger partial charge on any atom is 0.260 e. The van der Waals surface area contributed by atoms with E-state index in [1.54, 1.807) is 31.2 Å². The minimum atomic E-state index is -3.67. The van der Waals surface area contributed by atoms with Crippen LogP contribution in [0, 0.1) is 6.92 Å². The van der Waals surface area contributed by atoms with Crippen LogP contribution >= 0.6 is 0 Å². The summed E-state index contributed by atoms with van der Waals surface area (Å²) in [5.74, 6) is -0.0514. The Kier molecular flexibility index (Phi) is 6.57. The molecule has 2 aromatic rings. The second kappa shape index (κ2) is 8.68. The van der Waals surface area contributed by atoms with E-state index >= 15 is 0 Å². The van der Waals surface area contributed by atoms with Gasteiger partial charge in [-0.2, -0.15) is 5.10 Å². The first kappa shape index (κ1) is 20.4. The lowest BCUT2D eigenvalue weighted by Crippen LogP contribution is -2.39. The number of hydrogen-bond donors (Lipinski definition) is 1. The third-order valence-corrected chi connectivity index (χ3v) is 4.99. The Bertz CT molecular complexity index is 938. The van der Waals surface area contributed by atoms with Gasteiger partial charge in [-0.15, -0.1) is 0 Å². The zero-order valence-corrected chi connectivity index (χ0v) is 16.6. The maximum absolute atomic E-state index is 12.3. The molecule has 0 aliphatic carbocycles. The van der Waals surface area contributed by atoms with Crippen molar-refractivity contribution in [1.29, 1.82) is 0 Å². The summed E-state index contributed by atoms with van der Waals surface area (Å²) in [6, 6.07) is 14.2. The number of nitrogens with one attached hydrogen (secondary N) is 1. The van der Waals surface area contributed by atoms with E-state index in [-0.39, 0.29) is 0 Å². The zero-order valence-electron chi connectivity index (χ0n) is 15.8. The minimum absolute atomic E-state index is 0.339. The van der Waals surface area contributed by atoms with Crippen molar-refractivity contribution in [2.45, 2.75) is 13.8 Å². The lowest BCUT2D eigenvalue weighted by atomic mass is 10.1. The molecule has 0 saturated heterocycles. The molecule has 0 heterocycles. The standard InChI is InChI=1S/C19H23N3O4S/c1-14-8-10-16(11-9-14)15(2)20-21-19(23)13-22(27(4,24)25)17-6-5-7-18(12-17)26-3/h5-12H,13H2,1-4H3,(H,21,23)/b20-15-. The summed E-state index contributed by atoms with van der Waals surface area (Å²) in [4.78, 5) is 12.3. The predicted molar refractivity (Wildman–Crippen MR) is 107 cm³/mol. The number of hydrazone groups is 1. The van der Waals surface area contributed by atoms with Crippen molar-refractivity contribution >= 4 is 27.3 Å². The van der Waals surface area contributed by atoms with Crippen molar-refractivity contribution in [3.8, 4) is 5.75 Å². The van der Waals surface area contributed by atoms with Crippen molar-refractivity contribution in [2.24, 2.45) is 5.10 Å². The molecule has 7 nitrogen and oxygen atoms in total. The molecule has 1 amide bonds. The summed E-state index contributed by atoms with van der Waals surface area (Å²) < 4.78 is 30.4. The highest BCUT2D eigenvalue weighted by atomic mass is 32.2. The number of ether oxygens (including phenoxy) is 1. The lowest BCUT2D eigenvalue weighted by Gasteiger charge is -2.21. The Morgan fingerprint density at radius 2 is 1.85 bits per heavy atom. The number of rotatable bonds is 7. The molecule has 1 N–H and O–H groups in total. The van der Waals surface area contributed by atoms with Crippen LogP contribution in [0.4, 0.5) is 5.69 Å². The second-order valence-corrected chi connectivity index (χ2v) is 7.98. The van der Waals surface area contributed by atoms with Crippen molar-refractivity contribution < 1.29 is 17.9 Å². The fourth-order valence-corrected chi connectivity index (χ4v) is 3.19. The molecule has 0 fully saturated rings. The first-order valence-electron chi connectivity index (χ1n) is 8.22. The lowest BCUT2D eigenvalue weighted by molar-refractivity contribution is -0.119. The fourth-order valence-electron chi connectivity index (χ4n) is 2.34. The molecule has 0 saturated carbocycles. The normalized spacial score (nSPS) is 11.8. The third kappa shape index (κ3) is 5.82. The molecule has 0 atom stereocenters. The Hall–Kier alpha value is -2.87. The maximum atomic E-state index is 12.3. The summed E-state index contributed by atoms with van der Waals surface area (Å²) >= 11 is 0. The van der Waals surface area contributed by atoms with Gasteiger partial charge in [0.1, 0.15) is 12.3 Å². The van der Waals surface area contributed by atoms with Gasteiger partial charge in [0.25, 0.3) is 5.91 Å². The molecule has 0 aromatic heterocycles. The minimum Gasteiger partial charge on any atom is -0.497 e. The molecule has 0 radical (unpaired) electrons. The number of sulfonamides is 1. The van der Waals surface area contributed by atoms with Crippen LogP contribution in [0.15, 0.2) is 53.6 Å². The molecule has 2 aromatic carbocycles. The number of nitrogens with zero attached hydrogens (tertiary/aromatic N) is 2. The van der Waals surface area contributed by atoms with Crippen molar-refractivity contribution in [3.63, 3.8) is 0 Å². The zero-order chi connectivity index (χ0) is 20.0. The average molecular weight is 389 g/mol. The van der Waals surface area contributed by atoms with Gasteiger partial charge in [-0.3, -0.25) is 9.10 Å². The second-order valence-electron chi connectivity index (χ2n) is 6.07. The van der Waals surface area contributed by atoms with Gasteiger partial charge in [0.05, 0.1) is 24.8 Å². The molecule has 0 unspecified atom stereocenters. The van der Waals surface area contributed by atoms with Gasteiger partial charge >= 0.3 is 0 Å². The number of hydrogen-bond acceptors (Lipinski definition) is 5. The summed E-state index contributed by atoms with van der Waals surface area (Å²) in [6.45, 7) is 3.36. The predicted octanol–water partition coefficient (Wildman–Crippen LogP) is 2.31. The first-order chi connectivity index (χ1) is 12.7. The molecule has 0 aliphatic heterocycles. The number of benzene rings is 2. The SMILES string of the molecule is COc1cccc(N(CC(=O)N/N=C(/C)c2ccc(C)cc2)S(C)(=O)=O)c1. The van der Waals surface area contributed by atoms with Crippen LogP contribution in [0.3, 0.4) is 0 Å². The third-order valence-electron chi connectivity index (χ3n) is 3.85. The van der Waals surface area contributed by atoms with Crippen LogP contribution in [-0.2, 0) is 14.8 Å². The number of anilines is 1. The highest BCUT2D eigenvalue weighted by Crippen LogP contribution is 2.22. The highest BCUT2D eigenvalue weighted by Gasteiger charge is 2.21. The van der Waals surface area contributed by atoms with E-state index in [9.17, 15) is 13.2 Å². The van der Waals surface area contributed by atoms with E-state index in [2.05, 4.69) is 10.5 Å². The Balaban J connectivity index is 2.14. The van der Waals surface area contributed by atoms with E-state index in [0.717, 1.165) is 21.7 Å². The van der Waals surface area contributed by atoms with Crippen LogP contribution in [0.2, 0.25) is 0 Å². The van der Waals surface area contributed by atoms with Gasteiger partial charge in [0, 0.05) is 6.07 Å². The molecule has 144 valence electrons. The van der Waals surface area contributed by atoms with E-state index in [4.69, 9.17) is 4.74 Å². The summed E-state index contributed by atoms with van der Waals surface area (Å²) in [6.07, 6.45) is 1.04. The Morgan fingerprint density at radius 3 is 2.44 bits per heavy atom. The van der Waals surface area contributed by atoms with Crippen molar-refractivity contribution in [1.82, 2.24) is 5.43 Å². The van der Waals surface area contributed by atoms with Gasteiger partial charge in [0.2, 0.25) is 10.0 Å². The van der Waals surface area contributed by atoms with E-state index < -0.39 is 22.5 Å². The molecule has 8 heteroatoms. The summed E-state index contributed by atoms with van der Waals surface area (Å²) in [5, 5.41) is 4.06. The van der Waals surface area contributed by atoms with Crippen LogP contribution in [0.25, 0.3) is 0 Å². The molecule has 0 aliphatic rings. The van der Waals surface area contributed by atoms with Crippen molar-refractivity contribution in [2.75, 3.05) is 24.2 Å². The molecule has 0 bridgehead atoms. The number of aryl methyl sites for hydroxylation is 1. The molecule has 27 heavy (non-hydrogen) atoms.